The Morgan fingerprint density at radius 3 is 2.46 bits per heavy atom. The van der Waals surface area contributed by atoms with E-state index in [2.05, 4.69) is 10.6 Å². The molecule has 0 unspecified atom stereocenters. The zero-order chi connectivity index (χ0) is 20.4. The molecule has 0 aliphatic rings. The van der Waals surface area contributed by atoms with Crippen LogP contribution in [0.15, 0.2) is 41.0 Å². The zero-order valence-electron chi connectivity index (χ0n) is 15.7. The Labute approximate surface area is 161 Å². The molecule has 1 heterocycles. The molecule has 2 aromatic rings. The maximum absolute atomic E-state index is 12.1. The van der Waals surface area contributed by atoms with Gasteiger partial charge in [-0.15, -0.1) is 0 Å². The van der Waals surface area contributed by atoms with Crippen LogP contribution in [0.2, 0.25) is 0 Å². The highest BCUT2D eigenvalue weighted by Crippen LogP contribution is 2.28. The second kappa shape index (κ2) is 10.6. The third-order valence-corrected chi connectivity index (χ3v) is 3.37. The Kier molecular flexibility index (Phi) is 7.89. The van der Waals surface area contributed by atoms with Gasteiger partial charge in [-0.1, -0.05) is 0 Å². The molecule has 0 radical (unpaired) electrons. The molecule has 0 aliphatic carbocycles. The van der Waals surface area contributed by atoms with Crippen LogP contribution in [0.1, 0.15) is 30.0 Å². The molecule has 0 fully saturated rings. The number of urea groups is 1. The summed E-state index contributed by atoms with van der Waals surface area (Å²) in [5.41, 5.74) is 0.196. The Morgan fingerprint density at radius 2 is 1.79 bits per heavy atom. The van der Waals surface area contributed by atoms with Gasteiger partial charge >= 0.3 is 12.0 Å². The minimum atomic E-state index is -0.763. The van der Waals surface area contributed by atoms with E-state index in [0.29, 0.717) is 30.5 Å². The Balaban J connectivity index is 1.82. The number of amides is 3. The van der Waals surface area contributed by atoms with E-state index in [1.807, 2.05) is 13.8 Å². The van der Waals surface area contributed by atoms with E-state index in [9.17, 15) is 14.4 Å². The number of benzene rings is 1. The van der Waals surface area contributed by atoms with Crippen LogP contribution in [0, 0.1) is 0 Å². The number of nitrogens with one attached hydrogen (secondary N) is 2. The van der Waals surface area contributed by atoms with Crippen molar-refractivity contribution in [3.8, 4) is 11.5 Å². The number of carbonyl (C=O) groups excluding carboxylic acids is 3. The van der Waals surface area contributed by atoms with E-state index in [0.717, 1.165) is 0 Å². The fraction of sp³-hybridized carbons (Fsp3) is 0.316. The van der Waals surface area contributed by atoms with Gasteiger partial charge < -0.3 is 23.9 Å². The van der Waals surface area contributed by atoms with Gasteiger partial charge in [0, 0.05) is 0 Å². The second-order valence-electron chi connectivity index (χ2n) is 5.41. The van der Waals surface area contributed by atoms with Crippen LogP contribution < -0.4 is 20.1 Å². The summed E-state index contributed by atoms with van der Waals surface area (Å²) in [6, 6.07) is 7.20. The Morgan fingerprint density at radius 1 is 1.04 bits per heavy atom. The first kappa shape index (κ1) is 20.8. The predicted molar refractivity (Wildman–Crippen MR) is 98.1 cm³/mol. The van der Waals surface area contributed by atoms with Crippen LogP contribution in [0.4, 0.5) is 4.79 Å². The van der Waals surface area contributed by atoms with Crippen molar-refractivity contribution in [2.75, 3.05) is 19.8 Å². The van der Waals surface area contributed by atoms with Gasteiger partial charge in [-0.25, -0.2) is 9.59 Å². The normalized spacial score (nSPS) is 10.1. The standard InChI is InChI=1S/C19H22N2O7/c1-3-25-15-8-7-13(10-16(15)26-4-2)18(23)28-12-17(22)21-19(24)20-11-14-6-5-9-27-14/h5-10H,3-4,11-12H2,1-2H3,(H2,20,21,22,24). The van der Waals surface area contributed by atoms with E-state index in [-0.39, 0.29) is 12.1 Å². The van der Waals surface area contributed by atoms with Crippen LogP contribution in [-0.2, 0) is 16.1 Å². The third kappa shape index (κ3) is 6.35. The van der Waals surface area contributed by atoms with Gasteiger partial charge in [-0.3, -0.25) is 10.1 Å². The summed E-state index contributed by atoms with van der Waals surface area (Å²) in [4.78, 5) is 35.5. The van der Waals surface area contributed by atoms with Gasteiger partial charge in [0.1, 0.15) is 5.76 Å². The highest BCUT2D eigenvalue weighted by Gasteiger charge is 2.15. The topological polar surface area (TPSA) is 116 Å². The van der Waals surface area contributed by atoms with Gasteiger partial charge in [0.25, 0.3) is 5.91 Å². The number of imide groups is 1. The molecule has 0 aliphatic heterocycles. The third-order valence-electron chi connectivity index (χ3n) is 3.37. The van der Waals surface area contributed by atoms with Crippen molar-refractivity contribution in [1.29, 1.82) is 0 Å². The van der Waals surface area contributed by atoms with Gasteiger partial charge in [0.05, 0.1) is 31.6 Å². The average molecular weight is 390 g/mol. The van der Waals surface area contributed by atoms with Crippen LogP contribution in [0.5, 0.6) is 11.5 Å². The monoisotopic (exact) mass is 390 g/mol. The molecule has 1 aromatic carbocycles. The molecule has 150 valence electrons. The summed E-state index contributed by atoms with van der Waals surface area (Å²) in [6.07, 6.45) is 1.47. The number of hydrogen-bond donors (Lipinski definition) is 2. The van der Waals surface area contributed by atoms with Gasteiger partial charge in [-0.2, -0.15) is 0 Å². The highest BCUT2D eigenvalue weighted by molar-refractivity contribution is 5.97. The average Bonchev–Trinajstić information content (AvgIpc) is 3.20. The van der Waals surface area contributed by atoms with Crippen molar-refractivity contribution in [3.05, 3.63) is 47.9 Å². The molecule has 2 N–H and O–H groups in total. The molecular formula is C19H22N2O7. The fourth-order valence-electron chi connectivity index (χ4n) is 2.18. The van der Waals surface area contributed by atoms with E-state index in [1.165, 1.54) is 18.4 Å². The number of hydrogen-bond acceptors (Lipinski definition) is 7. The summed E-state index contributed by atoms with van der Waals surface area (Å²) in [5, 5.41) is 4.49. The van der Waals surface area contributed by atoms with Crippen LogP contribution >= 0.6 is 0 Å². The fourth-order valence-corrected chi connectivity index (χ4v) is 2.18. The van der Waals surface area contributed by atoms with Crippen molar-refractivity contribution in [2.45, 2.75) is 20.4 Å². The maximum Gasteiger partial charge on any atom is 0.338 e. The molecule has 9 heteroatoms. The number of esters is 1. The first-order valence-electron chi connectivity index (χ1n) is 8.70. The minimum Gasteiger partial charge on any atom is -0.490 e. The predicted octanol–water partition coefficient (Wildman–Crippen LogP) is 2.26. The van der Waals surface area contributed by atoms with E-state index in [4.69, 9.17) is 18.6 Å². The largest absolute Gasteiger partial charge is 0.490 e. The van der Waals surface area contributed by atoms with Crippen LogP contribution in [0.3, 0.4) is 0 Å². The van der Waals surface area contributed by atoms with Crippen molar-refractivity contribution in [1.82, 2.24) is 10.6 Å². The molecule has 2 rings (SSSR count). The lowest BCUT2D eigenvalue weighted by Crippen LogP contribution is -2.41. The minimum absolute atomic E-state index is 0.123. The molecule has 28 heavy (non-hydrogen) atoms. The molecule has 0 saturated carbocycles. The first-order valence-corrected chi connectivity index (χ1v) is 8.70. The number of furan rings is 1. The molecule has 0 bridgehead atoms. The van der Waals surface area contributed by atoms with Gasteiger partial charge in [-0.05, 0) is 44.2 Å². The molecule has 3 amide bonds. The van der Waals surface area contributed by atoms with Crippen molar-refractivity contribution in [2.24, 2.45) is 0 Å². The number of carbonyl (C=O) groups is 3. The lowest BCUT2D eigenvalue weighted by atomic mass is 10.2. The van der Waals surface area contributed by atoms with Gasteiger partial charge in [0.15, 0.2) is 18.1 Å². The van der Waals surface area contributed by atoms with E-state index >= 15 is 0 Å². The van der Waals surface area contributed by atoms with Crippen molar-refractivity contribution in [3.63, 3.8) is 0 Å². The SMILES string of the molecule is CCOc1ccc(C(=O)OCC(=O)NC(=O)NCc2ccco2)cc1OCC. The number of rotatable bonds is 9. The van der Waals surface area contributed by atoms with Crippen molar-refractivity contribution < 1.29 is 33.0 Å². The first-order chi connectivity index (χ1) is 13.5. The lowest BCUT2D eigenvalue weighted by molar-refractivity contribution is -0.123. The molecule has 0 spiro atoms. The molecular weight excluding hydrogens is 368 g/mol. The lowest BCUT2D eigenvalue weighted by Gasteiger charge is -2.12. The Bertz CT molecular complexity index is 803. The molecule has 9 nitrogen and oxygen atoms in total. The summed E-state index contributed by atoms with van der Waals surface area (Å²) < 4.78 is 20.8. The summed E-state index contributed by atoms with van der Waals surface area (Å²) in [6.45, 7) is 4.01. The molecule has 0 saturated heterocycles. The maximum atomic E-state index is 12.1. The van der Waals surface area contributed by atoms with E-state index < -0.39 is 24.5 Å². The summed E-state index contributed by atoms with van der Waals surface area (Å²) in [5.74, 6) is -0.0431. The molecule has 0 atom stereocenters. The Hall–Kier alpha value is -3.49. The summed E-state index contributed by atoms with van der Waals surface area (Å²) >= 11 is 0. The quantitative estimate of drug-likeness (QED) is 0.631. The highest BCUT2D eigenvalue weighted by atomic mass is 16.5. The van der Waals surface area contributed by atoms with Gasteiger partial charge in [0.2, 0.25) is 0 Å². The van der Waals surface area contributed by atoms with Crippen LogP contribution in [0.25, 0.3) is 0 Å². The molecule has 1 aromatic heterocycles. The smallest absolute Gasteiger partial charge is 0.338 e. The number of ether oxygens (including phenoxy) is 3. The van der Waals surface area contributed by atoms with Crippen LogP contribution in [-0.4, -0.2) is 37.7 Å². The van der Waals surface area contributed by atoms with E-state index in [1.54, 1.807) is 18.2 Å². The second-order valence-corrected chi connectivity index (χ2v) is 5.41. The van der Waals surface area contributed by atoms with Crippen molar-refractivity contribution >= 4 is 17.9 Å². The summed E-state index contributed by atoms with van der Waals surface area (Å²) in [7, 11) is 0. The zero-order valence-corrected chi connectivity index (χ0v) is 15.7.